The number of rotatable bonds is 6. The lowest BCUT2D eigenvalue weighted by molar-refractivity contribution is 0.0929. The molecule has 0 saturated heterocycles. The Morgan fingerprint density at radius 2 is 2.03 bits per heavy atom. The van der Waals surface area contributed by atoms with Gasteiger partial charge in [0.15, 0.2) is 5.76 Å². The first kappa shape index (κ1) is 20.8. The monoisotopic (exact) mass is 435 g/mol. The van der Waals surface area contributed by atoms with Crippen LogP contribution in [0.2, 0.25) is 5.02 Å². The molecule has 0 aliphatic carbocycles. The first-order chi connectivity index (χ1) is 15.0. The summed E-state index contributed by atoms with van der Waals surface area (Å²) in [4.78, 5) is 12.5. The van der Waals surface area contributed by atoms with Crippen LogP contribution in [-0.2, 0) is 0 Å². The molecule has 0 aliphatic heterocycles. The zero-order valence-electron chi connectivity index (χ0n) is 17.5. The second-order valence-electron chi connectivity index (χ2n) is 7.08. The summed E-state index contributed by atoms with van der Waals surface area (Å²) in [6, 6.07) is 16.8. The number of ether oxygens (including phenoxy) is 1. The molecule has 0 unspecified atom stereocenters. The largest absolute Gasteiger partial charge is 0.494 e. The van der Waals surface area contributed by atoms with Gasteiger partial charge in [-0.05, 0) is 69.3 Å². The van der Waals surface area contributed by atoms with Crippen molar-refractivity contribution in [2.75, 3.05) is 6.61 Å². The minimum Gasteiger partial charge on any atom is -0.494 e. The van der Waals surface area contributed by atoms with E-state index in [2.05, 4.69) is 15.1 Å². The number of furan rings is 1. The van der Waals surface area contributed by atoms with Crippen LogP contribution in [0, 0.1) is 13.8 Å². The number of amides is 1. The maximum Gasteiger partial charge on any atom is 0.307 e. The lowest BCUT2D eigenvalue weighted by Crippen LogP contribution is -2.16. The summed E-state index contributed by atoms with van der Waals surface area (Å²) in [5.41, 5.74) is 7.03. The zero-order valence-corrected chi connectivity index (χ0v) is 18.2. The van der Waals surface area contributed by atoms with E-state index in [1.54, 1.807) is 18.3 Å². The predicted octanol–water partition coefficient (Wildman–Crippen LogP) is 5.66. The molecule has 0 aliphatic rings. The number of nitrogens with zero attached hydrogens (tertiary/aromatic N) is 2. The van der Waals surface area contributed by atoms with Crippen molar-refractivity contribution < 1.29 is 13.9 Å². The van der Waals surface area contributed by atoms with Crippen molar-refractivity contribution in [3.8, 4) is 11.4 Å². The highest BCUT2D eigenvalue weighted by atomic mass is 35.5. The fourth-order valence-corrected chi connectivity index (χ4v) is 3.72. The lowest BCUT2D eigenvalue weighted by Gasteiger charge is -2.09. The molecule has 7 heteroatoms. The van der Waals surface area contributed by atoms with Crippen LogP contribution in [-0.4, -0.2) is 23.3 Å². The number of hydrazone groups is 1. The third-order valence-corrected chi connectivity index (χ3v) is 5.16. The average molecular weight is 436 g/mol. The Morgan fingerprint density at radius 1 is 1.19 bits per heavy atom. The minimum atomic E-state index is -0.422. The van der Waals surface area contributed by atoms with E-state index in [9.17, 15) is 4.79 Å². The second-order valence-corrected chi connectivity index (χ2v) is 7.52. The van der Waals surface area contributed by atoms with E-state index in [1.807, 2.05) is 63.2 Å². The number of hydrogen-bond acceptors (Lipinski definition) is 4. The fraction of sp³-hybridized carbons (Fsp3) is 0.167. The van der Waals surface area contributed by atoms with Crippen LogP contribution in [0.3, 0.4) is 0 Å². The highest BCUT2D eigenvalue weighted by molar-refractivity contribution is 6.30. The molecular formula is C24H22ClN3O3. The Balaban J connectivity index is 1.50. The van der Waals surface area contributed by atoms with Gasteiger partial charge in [-0.1, -0.05) is 17.7 Å². The van der Waals surface area contributed by atoms with Gasteiger partial charge in [-0.3, -0.25) is 4.79 Å². The molecule has 1 amide bonds. The summed E-state index contributed by atoms with van der Waals surface area (Å²) < 4.78 is 13.2. The number of aryl methyl sites for hydroxylation is 1. The Bertz CT molecular complexity index is 1290. The normalized spacial score (nSPS) is 11.4. The maximum atomic E-state index is 12.5. The van der Waals surface area contributed by atoms with Gasteiger partial charge in [0.25, 0.3) is 0 Å². The van der Waals surface area contributed by atoms with Crippen LogP contribution in [0.15, 0.2) is 64.1 Å². The first-order valence-electron chi connectivity index (χ1n) is 9.91. The summed E-state index contributed by atoms with van der Waals surface area (Å²) in [5.74, 6) is 0.495. The van der Waals surface area contributed by atoms with Crippen LogP contribution in [0.4, 0.5) is 0 Å². The molecule has 2 aromatic carbocycles. The summed E-state index contributed by atoms with van der Waals surface area (Å²) in [6.45, 7) is 6.49. The number of aromatic nitrogens is 1. The molecule has 6 nitrogen and oxygen atoms in total. The summed E-state index contributed by atoms with van der Waals surface area (Å²) >= 11 is 6.13. The zero-order chi connectivity index (χ0) is 22.0. The van der Waals surface area contributed by atoms with E-state index < -0.39 is 5.91 Å². The van der Waals surface area contributed by atoms with Crippen molar-refractivity contribution in [1.82, 2.24) is 9.99 Å². The standard InChI is InChI=1S/C24H22ClN3O3/c1-4-30-21-8-9-22-17(11-21)12-23(31-22)24(29)27-26-14-18-10-15(2)28(16(18)3)20-7-5-6-19(25)13-20/h5-14H,4H2,1-3H3,(H,27,29)/b26-14+. The molecular weight excluding hydrogens is 414 g/mol. The molecule has 0 saturated carbocycles. The summed E-state index contributed by atoms with van der Waals surface area (Å²) in [7, 11) is 0. The Morgan fingerprint density at radius 3 is 2.81 bits per heavy atom. The van der Waals surface area contributed by atoms with E-state index in [0.29, 0.717) is 17.2 Å². The maximum absolute atomic E-state index is 12.5. The Labute approximate surface area is 185 Å². The third-order valence-electron chi connectivity index (χ3n) is 4.93. The quantitative estimate of drug-likeness (QED) is 0.314. The summed E-state index contributed by atoms with van der Waals surface area (Å²) in [6.07, 6.45) is 1.62. The molecule has 0 spiro atoms. The highest BCUT2D eigenvalue weighted by Crippen LogP contribution is 2.25. The van der Waals surface area contributed by atoms with Gasteiger partial charge in [-0.15, -0.1) is 0 Å². The smallest absolute Gasteiger partial charge is 0.307 e. The lowest BCUT2D eigenvalue weighted by atomic mass is 10.2. The number of nitrogens with one attached hydrogen (secondary N) is 1. The van der Waals surface area contributed by atoms with E-state index in [1.165, 1.54) is 0 Å². The van der Waals surface area contributed by atoms with Crippen LogP contribution in [0.1, 0.15) is 34.4 Å². The molecule has 1 N–H and O–H groups in total. The number of fused-ring (bicyclic) bond motifs is 1. The van der Waals surface area contributed by atoms with Crippen LogP contribution >= 0.6 is 11.6 Å². The molecule has 2 heterocycles. The molecule has 158 valence electrons. The number of halogens is 1. The van der Waals surface area contributed by atoms with Crippen molar-refractivity contribution in [1.29, 1.82) is 0 Å². The van der Waals surface area contributed by atoms with Crippen molar-refractivity contribution in [2.24, 2.45) is 5.10 Å². The topological polar surface area (TPSA) is 68.8 Å². The molecule has 2 aromatic heterocycles. The van der Waals surface area contributed by atoms with Crippen LogP contribution < -0.4 is 10.2 Å². The van der Waals surface area contributed by atoms with Gasteiger partial charge in [-0.25, -0.2) is 5.43 Å². The SMILES string of the molecule is CCOc1ccc2oc(C(=O)N/N=C/c3cc(C)n(-c4cccc(Cl)c4)c3C)cc2c1. The number of benzene rings is 2. The molecule has 0 bridgehead atoms. The molecule has 31 heavy (non-hydrogen) atoms. The van der Waals surface area contributed by atoms with E-state index in [0.717, 1.165) is 33.8 Å². The van der Waals surface area contributed by atoms with Gasteiger partial charge in [0.1, 0.15) is 11.3 Å². The van der Waals surface area contributed by atoms with Gasteiger partial charge in [0.2, 0.25) is 0 Å². The van der Waals surface area contributed by atoms with Crippen molar-refractivity contribution >= 4 is 34.7 Å². The van der Waals surface area contributed by atoms with Gasteiger partial charge < -0.3 is 13.7 Å². The molecule has 0 fully saturated rings. The van der Waals surface area contributed by atoms with Gasteiger partial charge in [0.05, 0.1) is 12.8 Å². The first-order valence-corrected chi connectivity index (χ1v) is 10.3. The highest BCUT2D eigenvalue weighted by Gasteiger charge is 2.13. The minimum absolute atomic E-state index is 0.185. The average Bonchev–Trinajstić information content (AvgIpc) is 3.28. The molecule has 0 radical (unpaired) electrons. The van der Waals surface area contributed by atoms with E-state index >= 15 is 0 Å². The van der Waals surface area contributed by atoms with Crippen LogP contribution in [0.25, 0.3) is 16.7 Å². The molecule has 4 rings (SSSR count). The number of hydrogen-bond donors (Lipinski definition) is 1. The molecule has 4 aromatic rings. The van der Waals surface area contributed by atoms with E-state index in [-0.39, 0.29) is 5.76 Å². The Kier molecular flexibility index (Phi) is 5.82. The van der Waals surface area contributed by atoms with Crippen molar-refractivity contribution in [3.05, 3.63) is 82.3 Å². The number of carbonyl (C=O) groups is 1. The fourth-order valence-electron chi connectivity index (χ4n) is 3.54. The van der Waals surface area contributed by atoms with Gasteiger partial charge >= 0.3 is 5.91 Å². The van der Waals surface area contributed by atoms with Crippen molar-refractivity contribution in [3.63, 3.8) is 0 Å². The number of carbonyl (C=O) groups excluding carboxylic acids is 1. The molecule has 0 atom stereocenters. The van der Waals surface area contributed by atoms with Crippen LogP contribution in [0.5, 0.6) is 5.75 Å². The van der Waals surface area contributed by atoms with E-state index in [4.69, 9.17) is 20.8 Å². The summed E-state index contributed by atoms with van der Waals surface area (Å²) in [5, 5.41) is 5.58. The van der Waals surface area contributed by atoms with Gasteiger partial charge in [-0.2, -0.15) is 5.10 Å². The predicted molar refractivity (Wildman–Crippen MR) is 123 cm³/mol. The van der Waals surface area contributed by atoms with Gasteiger partial charge in [0, 0.05) is 33.0 Å². The van der Waals surface area contributed by atoms with Crippen molar-refractivity contribution in [2.45, 2.75) is 20.8 Å². The second kappa shape index (κ2) is 8.70. The Hall–Kier alpha value is -3.51. The third kappa shape index (κ3) is 4.34.